The van der Waals surface area contributed by atoms with Crippen LogP contribution in [-0.4, -0.2) is 17.7 Å². The van der Waals surface area contributed by atoms with E-state index in [1.54, 1.807) is 29.5 Å². The molecular formula is C14H14O3S. The number of rotatable bonds is 5. The number of carboxylic acid groups (broad SMARTS) is 1. The van der Waals surface area contributed by atoms with E-state index >= 15 is 0 Å². The molecule has 0 aliphatic carbocycles. The van der Waals surface area contributed by atoms with E-state index in [1.165, 1.54) is 5.56 Å². The highest BCUT2D eigenvalue weighted by Crippen LogP contribution is 2.20. The van der Waals surface area contributed by atoms with Crippen molar-refractivity contribution in [3.05, 3.63) is 51.7 Å². The first kappa shape index (κ1) is 12.6. The molecule has 0 atom stereocenters. The minimum absolute atomic E-state index is 0.214. The molecule has 0 aliphatic heterocycles. The van der Waals surface area contributed by atoms with Crippen molar-refractivity contribution >= 4 is 17.3 Å². The molecule has 0 saturated carbocycles. The third-order valence-electron chi connectivity index (χ3n) is 2.60. The molecule has 0 fully saturated rings. The predicted molar refractivity (Wildman–Crippen MR) is 71.7 cm³/mol. The van der Waals surface area contributed by atoms with Gasteiger partial charge in [0.25, 0.3) is 0 Å². The van der Waals surface area contributed by atoms with Gasteiger partial charge in [0.1, 0.15) is 11.3 Å². The van der Waals surface area contributed by atoms with E-state index < -0.39 is 5.97 Å². The normalized spacial score (nSPS) is 10.3. The fourth-order valence-corrected chi connectivity index (χ4v) is 2.34. The minimum atomic E-state index is -0.958. The Morgan fingerprint density at radius 3 is 2.89 bits per heavy atom. The molecule has 0 aliphatic rings. The van der Waals surface area contributed by atoms with Gasteiger partial charge in [-0.05, 0) is 47.0 Å². The van der Waals surface area contributed by atoms with Crippen LogP contribution in [-0.2, 0) is 6.42 Å². The first-order chi connectivity index (χ1) is 8.66. The Morgan fingerprint density at radius 1 is 1.39 bits per heavy atom. The summed E-state index contributed by atoms with van der Waals surface area (Å²) in [6.45, 7) is 2.40. The first-order valence-electron chi connectivity index (χ1n) is 5.64. The van der Waals surface area contributed by atoms with Crippen LogP contribution in [0.2, 0.25) is 0 Å². The summed E-state index contributed by atoms with van der Waals surface area (Å²) in [4.78, 5) is 11.0. The van der Waals surface area contributed by atoms with E-state index in [0.29, 0.717) is 12.4 Å². The van der Waals surface area contributed by atoms with Crippen LogP contribution in [0.5, 0.6) is 5.75 Å². The van der Waals surface area contributed by atoms with Crippen molar-refractivity contribution in [1.82, 2.24) is 0 Å². The van der Waals surface area contributed by atoms with Crippen LogP contribution in [0.4, 0.5) is 0 Å². The average molecular weight is 262 g/mol. The Hall–Kier alpha value is -1.81. The fourth-order valence-electron chi connectivity index (χ4n) is 1.64. The molecule has 4 heteroatoms. The molecule has 0 amide bonds. The molecule has 0 unspecified atom stereocenters. The van der Waals surface area contributed by atoms with Gasteiger partial charge in [-0.15, -0.1) is 0 Å². The van der Waals surface area contributed by atoms with E-state index in [2.05, 4.69) is 5.38 Å². The Kier molecular flexibility index (Phi) is 3.99. The second-order valence-electron chi connectivity index (χ2n) is 4.03. The summed E-state index contributed by atoms with van der Waals surface area (Å²) in [6, 6.07) is 7.16. The molecule has 3 nitrogen and oxygen atoms in total. The number of hydrogen-bond acceptors (Lipinski definition) is 3. The Labute approximate surface area is 110 Å². The van der Waals surface area contributed by atoms with Crippen molar-refractivity contribution in [3.63, 3.8) is 0 Å². The van der Waals surface area contributed by atoms with Crippen LogP contribution < -0.4 is 4.74 Å². The highest BCUT2D eigenvalue weighted by Gasteiger charge is 2.11. The van der Waals surface area contributed by atoms with Crippen LogP contribution in [0.1, 0.15) is 21.5 Å². The zero-order chi connectivity index (χ0) is 13.0. The number of carbonyl (C=O) groups is 1. The van der Waals surface area contributed by atoms with Crippen molar-refractivity contribution in [2.75, 3.05) is 6.61 Å². The molecule has 2 rings (SSSR count). The Morgan fingerprint density at radius 2 is 2.22 bits per heavy atom. The second-order valence-corrected chi connectivity index (χ2v) is 4.81. The molecule has 18 heavy (non-hydrogen) atoms. The van der Waals surface area contributed by atoms with E-state index in [9.17, 15) is 4.79 Å². The highest BCUT2D eigenvalue weighted by atomic mass is 32.1. The molecule has 1 heterocycles. The van der Waals surface area contributed by atoms with E-state index in [0.717, 1.165) is 12.0 Å². The maximum atomic E-state index is 11.0. The van der Waals surface area contributed by atoms with Gasteiger partial charge in [0.2, 0.25) is 0 Å². The lowest BCUT2D eigenvalue weighted by molar-refractivity contribution is 0.0692. The maximum absolute atomic E-state index is 11.0. The van der Waals surface area contributed by atoms with Gasteiger partial charge >= 0.3 is 5.97 Å². The number of thiophene rings is 1. The number of carboxylic acids is 1. The predicted octanol–water partition coefficient (Wildman–Crippen LogP) is 3.38. The van der Waals surface area contributed by atoms with Gasteiger partial charge in [-0.25, -0.2) is 4.79 Å². The lowest BCUT2D eigenvalue weighted by atomic mass is 10.1. The molecule has 2 aromatic rings. The van der Waals surface area contributed by atoms with Crippen LogP contribution in [0.15, 0.2) is 35.0 Å². The van der Waals surface area contributed by atoms with Crippen LogP contribution in [0, 0.1) is 6.92 Å². The van der Waals surface area contributed by atoms with Gasteiger partial charge in [0.15, 0.2) is 0 Å². The Bertz CT molecular complexity index is 532. The van der Waals surface area contributed by atoms with Crippen molar-refractivity contribution in [3.8, 4) is 5.75 Å². The zero-order valence-corrected chi connectivity index (χ0v) is 10.9. The summed E-state index contributed by atoms with van der Waals surface area (Å²) in [7, 11) is 0. The number of ether oxygens (including phenoxy) is 1. The van der Waals surface area contributed by atoms with Crippen LogP contribution in [0.25, 0.3) is 0 Å². The summed E-state index contributed by atoms with van der Waals surface area (Å²) in [5.41, 5.74) is 2.42. The summed E-state index contributed by atoms with van der Waals surface area (Å²) in [6.07, 6.45) is 0.788. The number of aryl methyl sites for hydroxylation is 1. The number of benzene rings is 1. The van der Waals surface area contributed by atoms with Crippen LogP contribution in [0.3, 0.4) is 0 Å². The first-order valence-corrected chi connectivity index (χ1v) is 6.59. The lowest BCUT2D eigenvalue weighted by Crippen LogP contribution is -2.06. The smallest absolute Gasteiger partial charge is 0.339 e. The van der Waals surface area contributed by atoms with Gasteiger partial charge in [-0.1, -0.05) is 6.07 Å². The number of hydrogen-bond donors (Lipinski definition) is 1. The van der Waals surface area contributed by atoms with E-state index in [1.807, 2.05) is 18.4 Å². The topological polar surface area (TPSA) is 46.5 Å². The van der Waals surface area contributed by atoms with Crippen molar-refractivity contribution in [2.24, 2.45) is 0 Å². The molecule has 0 saturated heterocycles. The summed E-state index contributed by atoms with van der Waals surface area (Å²) in [5, 5.41) is 13.1. The molecule has 94 valence electrons. The van der Waals surface area contributed by atoms with E-state index in [-0.39, 0.29) is 5.56 Å². The molecule has 1 N–H and O–H groups in total. The largest absolute Gasteiger partial charge is 0.492 e. The SMILES string of the molecule is Cc1ccc(C(=O)O)c(OCCc2ccsc2)c1. The third-order valence-corrected chi connectivity index (χ3v) is 3.33. The molecule has 0 spiro atoms. The summed E-state index contributed by atoms with van der Waals surface area (Å²) < 4.78 is 5.58. The minimum Gasteiger partial charge on any atom is -0.492 e. The van der Waals surface area contributed by atoms with Gasteiger partial charge in [0.05, 0.1) is 6.61 Å². The number of aromatic carboxylic acids is 1. The quantitative estimate of drug-likeness (QED) is 0.898. The molecule has 1 aromatic heterocycles. The Balaban J connectivity index is 2.03. The maximum Gasteiger partial charge on any atom is 0.339 e. The highest BCUT2D eigenvalue weighted by molar-refractivity contribution is 7.07. The summed E-state index contributed by atoms with van der Waals surface area (Å²) in [5.74, 6) is -0.515. The standard InChI is InChI=1S/C14H14O3S/c1-10-2-3-12(14(15)16)13(8-10)17-6-4-11-5-7-18-9-11/h2-3,5,7-9H,4,6H2,1H3,(H,15,16). The van der Waals surface area contributed by atoms with Crippen LogP contribution >= 0.6 is 11.3 Å². The fraction of sp³-hybridized carbons (Fsp3) is 0.214. The van der Waals surface area contributed by atoms with Crippen molar-refractivity contribution < 1.29 is 14.6 Å². The zero-order valence-electron chi connectivity index (χ0n) is 10.1. The lowest BCUT2D eigenvalue weighted by Gasteiger charge is -2.09. The van der Waals surface area contributed by atoms with E-state index in [4.69, 9.17) is 9.84 Å². The monoisotopic (exact) mass is 262 g/mol. The van der Waals surface area contributed by atoms with Gasteiger partial charge in [-0.3, -0.25) is 0 Å². The van der Waals surface area contributed by atoms with Crippen molar-refractivity contribution in [1.29, 1.82) is 0 Å². The second kappa shape index (κ2) is 5.69. The summed E-state index contributed by atoms with van der Waals surface area (Å²) >= 11 is 1.65. The average Bonchev–Trinajstić information content (AvgIpc) is 2.82. The van der Waals surface area contributed by atoms with Gasteiger partial charge < -0.3 is 9.84 Å². The molecule has 0 radical (unpaired) electrons. The van der Waals surface area contributed by atoms with Gasteiger partial charge in [-0.2, -0.15) is 11.3 Å². The third kappa shape index (κ3) is 3.11. The molecule has 0 bridgehead atoms. The van der Waals surface area contributed by atoms with Crippen molar-refractivity contribution in [2.45, 2.75) is 13.3 Å². The molecular weight excluding hydrogens is 248 g/mol. The molecule has 1 aromatic carbocycles. The van der Waals surface area contributed by atoms with Gasteiger partial charge in [0, 0.05) is 6.42 Å².